The summed E-state index contributed by atoms with van der Waals surface area (Å²) >= 11 is 0. The first kappa shape index (κ1) is 14.0. The lowest BCUT2D eigenvalue weighted by Crippen LogP contribution is -2.42. The van der Waals surface area contributed by atoms with E-state index in [0.717, 1.165) is 24.1 Å². The molecule has 3 rings (SSSR count). The molecule has 1 aliphatic heterocycles. The number of hydrogen-bond donors (Lipinski definition) is 0. The quantitative estimate of drug-likeness (QED) is 0.865. The zero-order chi connectivity index (χ0) is 14.5. The number of pyridine rings is 1. The third-order valence-corrected chi connectivity index (χ3v) is 4.27. The number of carbonyl (C=O) groups is 1. The van der Waals surface area contributed by atoms with Gasteiger partial charge in [0, 0.05) is 31.5 Å². The summed E-state index contributed by atoms with van der Waals surface area (Å²) in [6.45, 7) is 1.28. The van der Waals surface area contributed by atoms with Crippen molar-refractivity contribution in [2.75, 3.05) is 13.2 Å². The molecule has 0 radical (unpaired) electrons. The summed E-state index contributed by atoms with van der Waals surface area (Å²) in [4.78, 5) is 17.3. The van der Waals surface area contributed by atoms with Crippen LogP contribution in [-0.4, -0.2) is 24.0 Å². The summed E-state index contributed by atoms with van der Waals surface area (Å²) in [7, 11) is 0. The Labute approximate surface area is 125 Å². The summed E-state index contributed by atoms with van der Waals surface area (Å²) in [6, 6.07) is 15.8. The predicted molar refractivity (Wildman–Crippen MR) is 81.1 cm³/mol. The highest BCUT2D eigenvalue weighted by molar-refractivity contribution is 5.91. The molecule has 3 heteroatoms. The van der Waals surface area contributed by atoms with Crippen LogP contribution in [-0.2, 0) is 21.4 Å². The van der Waals surface area contributed by atoms with Gasteiger partial charge in [0.15, 0.2) is 0 Å². The largest absolute Gasteiger partial charge is 0.381 e. The van der Waals surface area contributed by atoms with Gasteiger partial charge in [-0.3, -0.25) is 9.78 Å². The van der Waals surface area contributed by atoms with E-state index in [1.165, 1.54) is 0 Å². The van der Waals surface area contributed by atoms with E-state index >= 15 is 0 Å². The fraction of sp³-hybridized carbons (Fsp3) is 0.333. The van der Waals surface area contributed by atoms with Crippen molar-refractivity contribution >= 4 is 5.78 Å². The van der Waals surface area contributed by atoms with Gasteiger partial charge in [-0.2, -0.15) is 0 Å². The standard InChI is InChI=1S/C18H19NO2/c20-17(14-16-8-4-5-11-19-16)18(9-12-21-13-10-18)15-6-2-1-3-7-15/h1-8,11H,9-10,12-14H2. The number of ketones is 1. The van der Waals surface area contributed by atoms with E-state index < -0.39 is 5.41 Å². The summed E-state index contributed by atoms with van der Waals surface area (Å²) in [5.74, 6) is 0.246. The maximum atomic E-state index is 13.0. The molecule has 0 unspecified atom stereocenters. The number of ether oxygens (including phenoxy) is 1. The van der Waals surface area contributed by atoms with E-state index in [1.807, 2.05) is 36.4 Å². The second-order valence-corrected chi connectivity index (χ2v) is 5.48. The highest BCUT2D eigenvalue weighted by Crippen LogP contribution is 2.36. The third-order valence-electron chi connectivity index (χ3n) is 4.27. The lowest BCUT2D eigenvalue weighted by atomic mass is 9.70. The summed E-state index contributed by atoms with van der Waals surface area (Å²) in [5, 5.41) is 0. The molecule has 108 valence electrons. The molecule has 0 bridgehead atoms. The molecule has 0 amide bonds. The molecule has 0 atom stereocenters. The summed E-state index contributed by atoms with van der Waals surface area (Å²) < 4.78 is 5.48. The zero-order valence-electron chi connectivity index (χ0n) is 12.0. The molecule has 21 heavy (non-hydrogen) atoms. The SMILES string of the molecule is O=C(Cc1ccccn1)C1(c2ccccc2)CCOCC1. The van der Waals surface area contributed by atoms with Crippen molar-refractivity contribution in [3.8, 4) is 0 Å². The number of hydrogen-bond acceptors (Lipinski definition) is 3. The minimum absolute atomic E-state index is 0.246. The van der Waals surface area contributed by atoms with Crippen molar-refractivity contribution in [3.63, 3.8) is 0 Å². The average Bonchev–Trinajstić information content (AvgIpc) is 2.57. The molecular weight excluding hydrogens is 262 g/mol. The smallest absolute Gasteiger partial charge is 0.149 e. The first-order valence-electron chi connectivity index (χ1n) is 7.38. The van der Waals surface area contributed by atoms with Crippen LogP contribution in [0, 0.1) is 0 Å². The van der Waals surface area contributed by atoms with E-state index in [2.05, 4.69) is 17.1 Å². The first-order valence-corrected chi connectivity index (χ1v) is 7.38. The molecule has 1 aromatic carbocycles. The highest BCUT2D eigenvalue weighted by Gasteiger charge is 2.41. The molecule has 0 saturated carbocycles. The molecule has 0 N–H and O–H groups in total. The molecule has 2 aromatic rings. The van der Waals surface area contributed by atoms with Gasteiger partial charge >= 0.3 is 0 Å². The molecule has 0 spiro atoms. The van der Waals surface area contributed by atoms with Crippen LogP contribution in [0.25, 0.3) is 0 Å². The van der Waals surface area contributed by atoms with Crippen LogP contribution >= 0.6 is 0 Å². The first-order chi connectivity index (χ1) is 10.3. The number of nitrogens with zero attached hydrogens (tertiary/aromatic N) is 1. The van der Waals surface area contributed by atoms with Gasteiger partial charge in [-0.05, 0) is 30.5 Å². The van der Waals surface area contributed by atoms with Crippen molar-refractivity contribution in [2.24, 2.45) is 0 Å². The lowest BCUT2D eigenvalue weighted by molar-refractivity contribution is -0.127. The number of Topliss-reactive ketones (excluding diaryl/α,β-unsaturated/α-hetero) is 1. The van der Waals surface area contributed by atoms with E-state index in [1.54, 1.807) is 6.20 Å². The van der Waals surface area contributed by atoms with Crippen LogP contribution < -0.4 is 0 Å². The molecule has 1 aliphatic rings. The molecule has 1 aromatic heterocycles. The van der Waals surface area contributed by atoms with Gasteiger partial charge < -0.3 is 4.74 Å². The Kier molecular flexibility index (Phi) is 4.11. The van der Waals surface area contributed by atoms with Crippen molar-refractivity contribution in [1.29, 1.82) is 0 Å². The Morgan fingerprint density at radius 3 is 2.43 bits per heavy atom. The second kappa shape index (κ2) is 6.19. The molecule has 2 heterocycles. The number of benzene rings is 1. The number of carbonyl (C=O) groups excluding carboxylic acids is 1. The van der Waals surface area contributed by atoms with Crippen LogP contribution in [0.4, 0.5) is 0 Å². The number of aromatic nitrogens is 1. The Morgan fingerprint density at radius 2 is 1.76 bits per heavy atom. The van der Waals surface area contributed by atoms with E-state index in [-0.39, 0.29) is 5.78 Å². The van der Waals surface area contributed by atoms with Gasteiger partial charge in [0.1, 0.15) is 5.78 Å². The van der Waals surface area contributed by atoms with Crippen LogP contribution in [0.5, 0.6) is 0 Å². The van der Waals surface area contributed by atoms with Gasteiger partial charge in [-0.25, -0.2) is 0 Å². The van der Waals surface area contributed by atoms with E-state index in [4.69, 9.17) is 4.74 Å². The van der Waals surface area contributed by atoms with Crippen molar-refractivity contribution in [2.45, 2.75) is 24.7 Å². The second-order valence-electron chi connectivity index (χ2n) is 5.48. The van der Waals surface area contributed by atoms with Crippen molar-refractivity contribution < 1.29 is 9.53 Å². The molecule has 1 saturated heterocycles. The Bertz CT molecular complexity index is 589. The van der Waals surface area contributed by atoms with Crippen LogP contribution in [0.1, 0.15) is 24.1 Å². The Balaban J connectivity index is 1.90. The normalized spacial score (nSPS) is 17.3. The maximum Gasteiger partial charge on any atom is 0.149 e. The lowest BCUT2D eigenvalue weighted by Gasteiger charge is -2.36. The van der Waals surface area contributed by atoms with Crippen LogP contribution in [0.2, 0.25) is 0 Å². The molecular formula is C18H19NO2. The van der Waals surface area contributed by atoms with Gasteiger partial charge in [-0.1, -0.05) is 36.4 Å². The topological polar surface area (TPSA) is 39.2 Å². The van der Waals surface area contributed by atoms with E-state index in [0.29, 0.717) is 19.6 Å². The van der Waals surface area contributed by atoms with Crippen LogP contribution in [0.15, 0.2) is 54.7 Å². The van der Waals surface area contributed by atoms with Gasteiger partial charge in [-0.15, -0.1) is 0 Å². The maximum absolute atomic E-state index is 13.0. The average molecular weight is 281 g/mol. The summed E-state index contributed by atoms with van der Waals surface area (Å²) in [5.41, 5.74) is 1.52. The van der Waals surface area contributed by atoms with Gasteiger partial charge in [0.05, 0.1) is 5.41 Å². The molecule has 1 fully saturated rings. The monoisotopic (exact) mass is 281 g/mol. The van der Waals surface area contributed by atoms with Gasteiger partial charge in [0.2, 0.25) is 0 Å². The van der Waals surface area contributed by atoms with Crippen molar-refractivity contribution in [1.82, 2.24) is 4.98 Å². The Morgan fingerprint density at radius 1 is 1.05 bits per heavy atom. The van der Waals surface area contributed by atoms with Gasteiger partial charge in [0.25, 0.3) is 0 Å². The van der Waals surface area contributed by atoms with Crippen molar-refractivity contribution in [3.05, 3.63) is 66.0 Å². The molecule has 3 nitrogen and oxygen atoms in total. The fourth-order valence-electron chi connectivity index (χ4n) is 3.04. The Hall–Kier alpha value is -2.00. The predicted octanol–water partition coefficient (Wildman–Crippen LogP) is 2.94. The minimum Gasteiger partial charge on any atom is -0.381 e. The number of rotatable bonds is 4. The zero-order valence-corrected chi connectivity index (χ0v) is 12.0. The fourth-order valence-corrected chi connectivity index (χ4v) is 3.04. The third kappa shape index (κ3) is 2.88. The minimum atomic E-state index is -0.420. The summed E-state index contributed by atoms with van der Waals surface area (Å²) in [6.07, 6.45) is 3.63. The van der Waals surface area contributed by atoms with Crippen LogP contribution in [0.3, 0.4) is 0 Å². The molecule has 0 aliphatic carbocycles. The highest BCUT2D eigenvalue weighted by atomic mass is 16.5. The van der Waals surface area contributed by atoms with E-state index in [9.17, 15) is 4.79 Å².